The van der Waals surface area contributed by atoms with Gasteiger partial charge in [-0.15, -0.1) is 11.3 Å². The number of aryl methyl sites for hydroxylation is 1. The number of carboxylic acid groups (broad SMARTS) is 1. The standard InChI is InChI=1S/C14H16N2O2S/c1-2-10-5-3-4-6-11(10)7-15-8-12-9-19-13(16-12)14(17)18/h3-6,9,15H,2,7-8H2,1H3,(H,17,18). The Bertz CT molecular complexity index is 566. The molecule has 0 atom stereocenters. The lowest BCUT2D eigenvalue weighted by molar-refractivity contribution is 0.0696. The fourth-order valence-corrected chi connectivity index (χ4v) is 2.54. The summed E-state index contributed by atoms with van der Waals surface area (Å²) in [6, 6.07) is 8.31. The van der Waals surface area contributed by atoms with Gasteiger partial charge in [0.05, 0.1) is 5.69 Å². The molecule has 5 heteroatoms. The molecule has 0 fully saturated rings. The van der Waals surface area contributed by atoms with Crippen molar-refractivity contribution in [2.75, 3.05) is 0 Å². The van der Waals surface area contributed by atoms with Gasteiger partial charge in [0, 0.05) is 18.5 Å². The molecular formula is C14H16N2O2S. The molecule has 2 rings (SSSR count). The minimum absolute atomic E-state index is 0.144. The number of aromatic carboxylic acids is 1. The summed E-state index contributed by atoms with van der Waals surface area (Å²) in [4.78, 5) is 14.8. The van der Waals surface area contributed by atoms with Crippen molar-refractivity contribution in [1.82, 2.24) is 10.3 Å². The molecule has 2 aromatic rings. The molecule has 4 nitrogen and oxygen atoms in total. The molecule has 0 amide bonds. The monoisotopic (exact) mass is 276 g/mol. The zero-order valence-electron chi connectivity index (χ0n) is 10.7. The van der Waals surface area contributed by atoms with Gasteiger partial charge < -0.3 is 10.4 Å². The van der Waals surface area contributed by atoms with E-state index < -0.39 is 5.97 Å². The highest BCUT2D eigenvalue weighted by atomic mass is 32.1. The summed E-state index contributed by atoms with van der Waals surface area (Å²) in [7, 11) is 0. The molecule has 1 heterocycles. The highest BCUT2D eigenvalue weighted by molar-refractivity contribution is 7.11. The van der Waals surface area contributed by atoms with E-state index in [2.05, 4.69) is 29.4 Å². The molecule has 0 radical (unpaired) electrons. The lowest BCUT2D eigenvalue weighted by Gasteiger charge is -2.08. The Morgan fingerprint density at radius 3 is 2.68 bits per heavy atom. The zero-order valence-corrected chi connectivity index (χ0v) is 11.5. The van der Waals surface area contributed by atoms with Crippen molar-refractivity contribution in [3.05, 3.63) is 51.5 Å². The maximum Gasteiger partial charge on any atom is 0.365 e. The van der Waals surface area contributed by atoms with Crippen molar-refractivity contribution in [2.45, 2.75) is 26.4 Å². The van der Waals surface area contributed by atoms with Crippen molar-refractivity contribution in [1.29, 1.82) is 0 Å². The van der Waals surface area contributed by atoms with E-state index in [1.165, 1.54) is 11.1 Å². The number of carboxylic acids is 1. The molecule has 0 aliphatic heterocycles. The minimum atomic E-state index is -0.965. The van der Waals surface area contributed by atoms with E-state index in [-0.39, 0.29) is 5.01 Å². The summed E-state index contributed by atoms with van der Waals surface area (Å²) in [6.07, 6.45) is 1.01. The average Bonchev–Trinajstić information content (AvgIpc) is 2.88. The van der Waals surface area contributed by atoms with Gasteiger partial charge in [-0.2, -0.15) is 0 Å². The van der Waals surface area contributed by atoms with Gasteiger partial charge in [0.25, 0.3) is 0 Å². The van der Waals surface area contributed by atoms with Crippen LogP contribution in [0.1, 0.15) is 33.5 Å². The second-order valence-corrected chi connectivity index (χ2v) is 5.03. The fraction of sp³-hybridized carbons (Fsp3) is 0.286. The lowest BCUT2D eigenvalue weighted by Crippen LogP contribution is -2.14. The zero-order chi connectivity index (χ0) is 13.7. The molecule has 0 aliphatic carbocycles. The lowest BCUT2D eigenvalue weighted by atomic mass is 10.1. The number of nitrogens with one attached hydrogen (secondary N) is 1. The first-order valence-electron chi connectivity index (χ1n) is 6.16. The van der Waals surface area contributed by atoms with Crippen LogP contribution in [0.5, 0.6) is 0 Å². The Kier molecular flexibility index (Phi) is 4.65. The molecule has 0 aliphatic rings. The van der Waals surface area contributed by atoms with E-state index in [9.17, 15) is 4.79 Å². The predicted octanol–water partition coefficient (Wildman–Crippen LogP) is 2.69. The highest BCUT2D eigenvalue weighted by Crippen LogP contribution is 2.11. The SMILES string of the molecule is CCc1ccccc1CNCc1csc(C(=O)O)n1. The van der Waals surface area contributed by atoms with Crippen LogP contribution in [-0.2, 0) is 19.5 Å². The van der Waals surface area contributed by atoms with Gasteiger partial charge in [0.2, 0.25) is 5.01 Å². The Labute approximate surface area is 116 Å². The number of hydrogen-bond acceptors (Lipinski definition) is 4. The number of thiazole rings is 1. The summed E-state index contributed by atoms with van der Waals surface area (Å²) in [6.45, 7) is 3.49. The first-order chi connectivity index (χ1) is 9.20. The van der Waals surface area contributed by atoms with Gasteiger partial charge in [-0.3, -0.25) is 0 Å². The van der Waals surface area contributed by atoms with Crippen molar-refractivity contribution in [3.63, 3.8) is 0 Å². The fourth-order valence-electron chi connectivity index (χ4n) is 1.89. The van der Waals surface area contributed by atoms with Crippen molar-refractivity contribution >= 4 is 17.3 Å². The van der Waals surface area contributed by atoms with E-state index in [1.54, 1.807) is 5.38 Å². The first kappa shape index (κ1) is 13.7. The molecule has 0 saturated carbocycles. The van der Waals surface area contributed by atoms with Gasteiger partial charge in [0.1, 0.15) is 0 Å². The van der Waals surface area contributed by atoms with Crippen LogP contribution in [0, 0.1) is 0 Å². The van der Waals surface area contributed by atoms with Crippen LogP contribution >= 0.6 is 11.3 Å². The van der Waals surface area contributed by atoms with Crippen molar-refractivity contribution < 1.29 is 9.90 Å². The topological polar surface area (TPSA) is 62.2 Å². The van der Waals surface area contributed by atoms with E-state index in [1.807, 2.05) is 12.1 Å². The maximum atomic E-state index is 10.7. The molecule has 0 spiro atoms. The second kappa shape index (κ2) is 6.45. The van der Waals surface area contributed by atoms with Crippen LogP contribution in [0.3, 0.4) is 0 Å². The summed E-state index contributed by atoms with van der Waals surface area (Å²) in [5.74, 6) is -0.965. The van der Waals surface area contributed by atoms with Crippen LogP contribution in [0.15, 0.2) is 29.6 Å². The van der Waals surface area contributed by atoms with Crippen molar-refractivity contribution in [3.8, 4) is 0 Å². The molecular weight excluding hydrogens is 260 g/mol. The number of carbonyl (C=O) groups is 1. The van der Waals surface area contributed by atoms with Crippen LogP contribution in [0.4, 0.5) is 0 Å². The third-order valence-corrected chi connectivity index (χ3v) is 3.73. The second-order valence-electron chi connectivity index (χ2n) is 4.17. The molecule has 19 heavy (non-hydrogen) atoms. The molecule has 0 bridgehead atoms. The molecule has 1 aromatic heterocycles. The Hall–Kier alpha value is -1.72. The summed E-state index contributed by atoms with van der Waals surface area (Å²) < 4.78 is 0. The summed E-state index contributed by atoms with van der Waals surface area (Å²) >= 11 is 1.16. The number of hydrogen-bond donors (Lipinski definition) is 2. The van der Waals surface area contributed by atoms with Gasteiger partial charge in [-0.1, -0.05) is 31.2 Å². The summed E-state index contributed by atoms with van der Waals surface area (Å²) in [5.41, 5.74) is 3.38. The summed E-state index contributed by atoms with van der Waals surface area (Å²) in [5, 5.41) is 14.0. The van der Waals surface area contributed by atoms with Crippen molar-refractivity contribution in [2.24, 2.45) is 0 Å². The molecule has 100 valence electrons. The first-order valence-corrected chi connectivity index (χ1v) is 7.04. The molecule has 2 N–H and O–H groups in total. The number of nitrogens with zero attached hydrogens (tertiary/aromatic N) is 1. The van der Waals surface area contributed by atoms with Gasteiger partial charge in [-0.05, 0) is 17.5 Å². The third-order valence-electron chi connectivity index (χ3n) is 2.86. The van der Waals surface area contributed by atoms with Gasteiger partial charge in [-0.25, -0.2) is 9.78 Å². The van der Waals surface area contributed by atoms with Crippen LogP contribution in [0.2, 0.25) is 0 Å². The Morgan fingerprint density at radius 1 is 1.32 bits per heavy atom. The minimum Gasteiger partial charge on any atom is -0.476 e. The predicted molar refractivity (Wildman–Crippen MR) is 75.4 cm³/mol. The van der Waals surface area contributed by atoms with Gasteiger partial charge >= 0.3 is 5.97 Å². The number of benzene rings is 1. The Morgan fingerprint density at radius 2 is 2.05 bits per heavy atom. The highest BCUT2D eigenvalue weighted by Gasteiger charge is 2.08. The van der Waals surface area contributed by atoms with E-state index in [4.69, 9.17) is 5.11 Å². The average molecular weight is 276 g/mol. The van der Waals surface area contributed by atoms with E-state index in [0.29, 0.717) is 6.54 Å². The maximum absolute atomic E-state index is 10.7. The molecule has 0 unspecified atom stereocenters. The normalized spacial score (nSPS) is 10.6. The van der Waals surface area contributed by atoms with Crippen LogP contribution in [0.25, 0.3) is 0 Å². The largest absolute Gasteiger partial charge is 0.476 e. The smallest absolute Gasteiger partial charge is 0.365 e. The third kappa shape index (κ3) is 3.62. The molecule has 0 saturated heterocycles. The van der Waals surface area contributed by atoms with Crippen LogP contribution in [-0.4, -0.2) is 16.1 Å². The van der Waals surface area contributed by atoms with Gasteiger partial charge in [0.15, 0.2) is 0 Å². The van der Waals surface area contributed by atoms with E-state index in [0.717, 1.165) is 30.0 Å². The quantitative estimate of drug-likeness (QED) is 0.851. The number of rotatable bonds is 6. The van der Waals surface area contributed by atoms with Crippen LogP contribution < -0.4 is 5.32 Å². The Balaban J connectivity index is 1.90. The molecule has 1 aromatic carbocycles. The van der Waals surface area contributed by atoms with E-state index >= 15 is 0 Å². The number of aromatic nitrogens is 1.